The highest BCUT2D eigenvalue weighted by atomic mass is 32.2. The monoisotopic (exact) mass is 300 g/mol. The average Bonchev–Trinajstić information content (AvgIpc) is 3.05. The molecular formula is C13H24N4O2S. The molecule has 6 nitrogen and oxygen atoms in total. The maximum Gasteiger partial charge on any atom is 0.212 e. The van der Waals surface area contributed by atoms with E-state index in [9.17, 15) is 8.42 Å². The summed E-state index contributed by atoms with van der Waals surface area (Å²) in [6.07, 6.45) is 6.52. The maximum atomic E-state index is 12.3. The molecule has 0 aliphatic heterocycles. The van der Waals surface area contributed by atoms with Crippen LogP contribution in [0.1, 0.15) is 57.8 Å². The Morgan fingerprint density at radius 3 is 2.70 bits per heavy atom. The lowest BCUT2D eigenvalue weighted by Gasteiger charge is -2.18. The molecule has 0 bridgehead atoms. The minimum atomic E-state index is -3.26. The molecule has 114 valence electrons. The van der Waals surface area contributed by atoms with E-state index < -0.39 is 10.0 Å². The Morgan fingerprint density at radius 1 is 1.40 bits per heavy atom. The summed E-state index contributed by atoms with van der Waals surface area (Å²) in [4.78, 5) is 4.20. The van der Waals surface area contributed by atoms with Gasteiger partial charge in [-0.15, -0.1) is 0 Å². The van der Waals surface area contributed by atoms with Gasteiger partial charge in [0.25, 0.3) is 0 Å². The van der Waals surface area contributed by atoms with E-state index in [1.165, 1.54) is 6.33 Å². The molecule has 0 spiro atoms. The van der Waals surface area contributed by atoms with Gasteiger partial charge in [-0.2, -0.15) is 5.10 Å². The second kappa shape index (κ2) is 6.67. The number of aromatic nitrogens is 3. The Bertz CT molecular complexity index is 520. The van der Waals surface area contributed by atoms with Crippen LogP contribution in [0.4, 0.5) is 0 Å². The van der Waals surface area contributed by atoms with Crippen LogP contribution in [0.25, 0.3) is 0 Å². The summed E-state index contributed by atoms with van der Waals surface area (Å²) >= 11 is 0. The lowest BCUT2D eigenvalue weighted by molar-refractivity contribution is 0.494. The number of rotatable bonds is 7. The molecular weight excluding hydrogens is 276 g/mol. The topological polar surface area (TPSA) is 76.9 Å². The molecule has 1 aromatic rings. The van der Waals surface area contributed by atoms with Crippen molar-refractivity contribution in [1.29, 1.82) is 0 Å². The van der Waals surface area contributed by atoms with E-state index in [0.29, 0.717) is 24.7 Å². The molecule has 0 radical (unpaired) electrons. The fourth-order valence-electron chi connectivity index (χ4n) is 2.86. The Balaban J connectivity index is 2.05. The van der Waals surface area contributed by atoms with Crippen LogP contribution in [0.2, 0.25) is 0 Å². The van der Waals surface area contributed by atoms with E-state index in [1.807, 2.05) is 13.8 Å². The molecule has 20 heavy (non-hydrogen) atoms. The molecule has 1 saturated carbocycles. The Kier molecular flexibility index (Phi) is 5.15. The Hall–Kier alpha value is -0.950. The van der Waals surface area contributed by atoms with Gasteiger partial charge in [0.15, 0.2) is 0 Å². The molecule has 1 aromatic heterocycles. The molecule has 1 heterocycles. The fourth-order valence-corrected chi connectivity index (χ4v) is 4.61. The first-order valence-corrected chi connectivity index (χ1v) is 9.08. The van der Waals surface area contributed by atoms with E-state index in [0.717, 1.165) is 25.7 Å². The summed E-state index contributed by atoms with van der Waals surface area (Å²) in [7, 11) is -3.26. The van der Waals surface area contributed by atoms with Crippen molar-refractivity contribution in [2.45, 2.75) is 58.5 Å². The van der Waals surface area contributed by atoms with E-state index in [1.54, 1.807) is 4.68 Å². The number of nitrogens with one attached hydrogen (secondary N) is 1. The smallest absolute Gasteiger partial charge is 0.212 e. The van der Waals surface area contributed by atoms with Gasteiger partial charge in [0.2, 0.25) is 10.0 Å². The van der Waals surface area contributed by atoms with Gasteiger partial charge in [-0.25, -0.2) is 22.8 Å². The highest BCUT2D eigenvalue weighted by molar-refractivity contribution is 7.89. The minimum absolute atomic E-state index is 0.240. The first-order chi connectivity index (χ1) is 9.55. The van der Waals surface area contributed by atoms with Crippen molar-refractivity contribution in [3.63, 3.8) is 0 Å². The van der Waals surface area contributed by atoms with E-state index in [-0.39, 0.29) is 11.8 Å². The van der Waals surface area contributed by atoms with Crippen molar-refractivity contribution in [1.82, 2.24) is 19.5 Å². The first kappa shape index (κ1) is 15.4. The number of hydrogen-bond donors (Lipinski definition) is 1. The number of aryl methyl sites for hydroxylation is 1. The maximum absolute atomic E-state index is 12.3. The third-order valence-corrected chi connectivity index (χ3v) is 5.47. The number of hydrogen-bond acceptors (Lipinski definition) is 4. The zero-order valence-corrected chi connectivity index (χ0v) is 13.1. The van der Waals surface area contributed by atoms with Crippen molar-refractivity contribution in [3.05, 3.63) is 12.2 Å². The van der Waals surface area contributed by atoms with E-state index in [2.05, 4.69) is 14.8 Å². The molecule has 1 fully saturated rings. The van der Waals surface area contributed by atoms with Gasteiger partial charge < -0.3 is 0 Å². The van der Waals surface area contributed by atoms with Crippen LogP contribution in [-0.4, -0.2) is 28.9 Å². The van der Waals surface area contributed by atoms with Crippen LogP contribution in [0, 0.1) is 5.92 Å². The van der Waals surface area contributed by atoms with Crippen LogP contribution < -0.4 is 4.72 Å². The van der Waals surface area contributed by atoms with Crippen molar-refractivity contribution >= 4 is 10.0 Å². The molecule has 0 saturated heterocycles. The van der Waals surface area contributed by atoms with Gasteiger partial charge >= 0.3 is 0 Å². The van der Waals surface area contributed by atoms with Crippen LogP contribution >= 0.6 is 0 Å². The van der Waals surface area contributed by atoms with Gasteiger partial charge in [-0.1, -0.05) is 19.8 Å². The zero-order chi connectivity index (χ0) is 14.6. The van der Waals surface area contributed by atoms with Crippen LogP contribution in [0.5, 0.6) is 0 Å². The summed E-state index contributed by atoms with van der Waals surface area (Å²) in [5.41, 5.74) is 0. The lowest BCUT2D eigenvalue weighted by Crippen LogP contribution is -2.34. The SMILES string of the molecule is CCC(NS(=O)(=O)CC1CCCC1)c1ncnn1CC. The average molecular weight is 300 g/mol. The highest BCUT2D eigenvalue weighted by Crippen LogP contribution is 2.26. The predicted molar refractivity (Wildman–Crippen MR) is 77.6 cm³/mol. The van der Waals surface area contributed by atoms with Crippen molar-refractivity contribution < 1.29 is 8.42 Å². The molecule has 1 N–H and O–H groups in total. The fraction of sp³-hybridized carbons (Fsp3) is 0.846. The van der Waals surface area contributed by atoms with Crippen molar-refractivity contribution in [3.8, 4) is 0 Å². The summed E-state index contributed by atoms with van der Waals surface area (Å²) in [5, 5.41) is 4.11. The predicted octanol–water partition coefficient (Wildman–Crippen LogP) is 1.86. The Morgan fingerprint density at radius 2 is 2.10 bits per heavy atom. The second-order valence-corrected chi connectivity index (χ2v) is 7.24. The summed E-state index contributed by atoms with van der Waals surface area (Å²) in [5.74, 6) is 1.25. The quantitative estimate of drug-likeness (QED) is 0.834. The van der Waals surface area contributed by atoms with Crippen LogP contribution in [0.3, 0.4) is 0 Å². The molecule has 2 rings (SSSR count). The van der Waals surface area contributed by atoms with Gasteiger partial charge in [0.05, 0.1) is 11.8 Å². The molecule has 1 aliphatic rings. The standard InChI is InChI=1S/C13H24N4O2S/c1-3-12(13-14-10-15-17(13)4-2)16-20(18,19)9-11-7-5-6-8-11/h10-12,16H,3-9H2,1-2H3. The lowest BCUT2D eigenvalue weighted by atomic mass is 10.1. The normalized spacial score (nSPS) is 18.5. The van der Waals surface area contributed by atoms with E-state index >= 15 is 0 Å². The van der Waals surface area contributed by atoms with Gasteiger partial charge in [0, 0.05) is 6.54 Å². The zero-order valence-electron chi connectivity index (χ0n) is 12.2. The highest BCUT2D eigenvalue weighted by Gasteiger charge is 2.26. The minimum Gasteiger partial charge on any atom is -0.249 e. The molecule has 1 unspecified atom stereocenters. The molecule has 0 amide bonds. The van der Waals surface area contributed by atoms with Crippen LogP contribution in [0.15, 0.2) is 6.33 Å². The molecule has 0 aromatic carbocycles. The largest absolute Gasteiger partial charge is 0.249 e. The summed E-state index contributed by atoms with van der Waals surface area (Å²) in [6, 6.07) is -0.288. The van der Waals surface area contributed by atoms with Gasteiger partial charge in [0.1, 0.15) is 12.2 Å². The van der Waals surface area contributed by atoms with Crippen molar-refractivity contribution in [2.24, 2.45) is 5.92 Å². The summed E-state index contributed by atoms with van der Waals surface area (Å²) < 4.78 is 29.1. The number of nitrogens with zero attached hydrogens (tertiary/aromatic N) is 3. The second-order valence-electron chi connectivity index (χ2n) is 5.44. The third-order valence-electron chi connectivity index (χ3n) is 3.92. The first-order valence-electron chi connectivity index (χ1n) is 7.43. The van der Waals surface area contributed by atoms with Crippen molar-refractivity contribution in [2.75, 3.05) is 5.75 Å². The molecule has 7 heteroatoms. The van der Waals surface area contributed by atoms with Gasteiger partial charge in [-0.3, -0.25) is 0 Å². The number of sulfonamides is 1. The molecule has 1 aliphatic carbocycles. The van der Waals surface area contributed by atoms with Gasteiger partial charge in [-0.05, 0) is 32.1 Å². The van der Waals surface area contributed by atoms with Crippen LogP contribution in [-0.2, 0) is 16.6 Å². The summed E-state index contributed by atoms with van der Waals surface area (Å²) in [6.45, 7) is 4.62. The van der Waals surface area contributed by atoms with E-state index in [4.69, 9.17) is 0 Å². The third kappa shape index (κ3) is 3.79. The molecule has 1 atom stereocenters. The Labute approximate surface area is 121 Å².